The van der Waals surface area contributed by atoms with Crippen LogP contribution < -0.4 is 14.8 Å². The zero-order chi connectivity index (χ0) is 24.2. The lowest BCUT2D eigenvalue weighted by Crippen LogP contribution is -2.32. The van der Waals surface area contributed by atoms with Crippen molar-refractivity contribution in [2.24, 2.45) is 0 Å². The third kappa shape index (κ3) is 6.41. The number of amides is 1. The lowest BCUT2D eigenvalue weighted by atomic mass is 10.1. The van der Waals surface area contributed by atoms with E-state index >= 15 is 0 Å². The van der Waals surface area contributed by atoms with Crippen molar-refractivity contribution in [3.05, 3.63) is 81.8 Å². The first kappa shape index (κ1) is 24.9. The molecule has 0 aliphatic heterocycles. The molecule has 0 radical (unpaired) electrons. The van der Waals surface area contributed by atoms with Crippen LogP contribution in [0.1, 0.15) is 24.5 Å². The molecule has 2 N–H and O–H groups in total. The quantitative estimate of drug-likeness (QED) is 0.380. The number of carbonyl (C=O) groups excluding carboxylic acids is 1. The monoisotopic (exact) mass is 506 g/mol. The summed E-state index contributed by atoms with van der Waals surface area (Å²) in [6.45, 7) is 5.84. The predicted molar refractivity (Wildman–Crippen MR) is 133 cm³/mol. The Hall–Kier alpha value is -2.74. The maximum Gasteiger partial charge on any atom is 0.265 e. The van der Waals surface area contributed by atoms with Gasteiger partial charge in [-0.2, -0.15) is 0 Å². The van der Waals surface area contributed by atoms with E-state index in [0.717, 1.165) is 11.1 Å². The molecule has 0 aliphatic rings. The minimum absolute atomic E-state index is 0.0185. The minimum atomic E-state index is -3.88. The predicted octanol–water partition coefficient (Wildman–Crippen LogP) is 6.21. The number of ether oxygens (including phenoxy) is 1. The number of halogens is 2. The van der Waals surface area contributed by atoms with Crippen LogP contribution in [0.2, 0.25) is 10.0 Å². The van der Waals surface area contributed by atoms with Gasteiger partial charge in [0.1, 0.15) is 5.75 Å². The van der Waals surface area contributed by atoms with Gasteiger partial charge in [0.05, 0.1) is 15.6 Å². The molecule has 0 bridgehead atoms. The van der Waals surface area contributed by atoms with Gasteiger partial charge in [-0.15, -0.1) is 0 Å². The number of nitrogens with one attached hydrogen (secondary N) is 2. The van der Waals surface area contributed by atoms with E-state index in [1.165, 1.54) is 42.5 Å². The molecule has 0 heterocycles. The van der Waals surface area contributed by atoms with Crippen LogP contribution in [0.3, 0.4) is 0 Å². The van der Waals surface area contributed by atoms with Crippen molar-refractivity contribution in [1.29, 1.82) is 0 Å². The first-order valence-corrected chi connectivity index (χ1v) is 12.5. The average Bonchev–Trinajstić information content (AvgIpc) is 2.76. The van der Waals surface area contributed by atoms with Gasteiger partial charge in [-0.25, -0.2) is 8.42 Å². The summed E-state index contributed by atoms with van der Waals surface area (Å²) in [6, 6.07) is 16.0. The Balaban J connectivity index is 1.68. The van der Waals surface area contributed by atoms with E-state index in [1.54, 1.807) is 0 Å². The van der Waals surface area contributed by atoms with E-state index in [-0.39, 0.29) is 21.5 Å². The molecule has 0 aliphatic carbocycles. The van der Waals surface area contributed by atoms with Gasteiger partial charge in [0.2, 0.25) is 0 Å². The van der Waals surface area contributed by atoms with Crippen LogP contribution in [0.15, 0.2) is 65.6 Å². The SMILES string of the molecule is CC[C@@H](Oc1ccc(C)c(C)c1)C(=O)Nc1ccc(S(=O)(=O)Nc2ccc(Cl)cc2Cl)cc1. The zero-order valence-electron chi connectivity index (χ0n) is 18.4. The first-order chi connectivity index (χ1) is 15.6. The normalized spacial score (nSPS) is 12.2. The summed E-state index contributed by atoms with van der Waals surface area (Å²) in [5, 5.41) is 3.35. The van der Waals surface area contributed by atoms with E-state index in [4.69, 9.17) is 27.9 Å². The Morgan fingerprint density at radius 3 is 2.27 bits per heavy atom. The molecular formula is C24H24Cl2N2O4S. The van der Waals surface area contributed by atoms with E-state index in [0.29, 0.717) is 22.9 Å². The van der Waals surface area contributed by atoms with Crippen LogP contribution in [0.4, 0.5) is 11.4 Å². The molecule has 33 heavy (non-hydrogen) atoms. The second kappa shape index (κ2) is 10.5. The minimum Gasteiger partial charge on any atom is -0.481 e. The van der Waals surface area contributed by atoms with Gasteiger partial charge in [-0.3, -0.25) is 9.52 Å². The largest absolute Gasteiger partial charge is 0.481 e. The van der Waals surface area contributed by atoms with Crippen LogP contribution in [-0.4, -0.2) is 20.4 Å². The molecule has 0 saturated carbocycles. The fourth-order valence-corrected chi connectivity index (χ4v) is 4.58. The highest BCUT2D eigenvalue weighted by molar-refractivity contribution is 7.92. The summed E-state index contributed by atoms with van der Waals surface area (Å²) < 4.78 is 33.6. The van der Waals surface area contributed by atoms with Crippen molar-refractivity contribution >= 4 is 50.5 Å². The van der Waals surface area contributed by atoms with Crippen molar-refractivity contribution in [1.82, 2.24) is 0 Å². The van der Waals surface area contributed by atoms with Crippen molar-refractivity contribution in [3.63, 3.8) is 0 Å². The van der Waals surface area contributed by atoms with Gasteiger partial charge < -0.3 is 10.1 Å². The van der Waals surface area contributed by atoms with Crippen LogP contribution in [-0.2, 0) is 14.8 Å². The fourth-order valence-electron chi connectivity index (χ4n) is 2.99. The topological polar surface area (TPSA) is 84.5 Å². The summed E-state index contributed by atoms with van der Waals surface area (Å²) in [6.07, 6.45) is -0.221. The summed E-state index contributed by atoms with van der Waals surface area (Å²) in [7, 11) is -3.88. The molecule has 3 aromatic carbocycles. The number of hydrogen-bond donors (Lipinski definition) is 2. The first-order valence-electron chi connectivity index (χ1n) is 10.2. The second-order valence-electron chi connectivity index (χ2n) is 7.50. The Bertz CT molecular complexity index is 1260. The van der Waals surface area contributed by atoms with Gasteiger partial charge in [0.25, 0.3) is 15.9 Å². The van der Waals surface area contributed by atoms with Crippen molar-refractivity contribution in [2.75, 3.05) is 10.0 Å². The van der Waals surface area contributed by atoms with Gasteiger partial charge >= 0.3 is 0 Å². The number of sulfonamides is 1. The lowest BCUT2D eigenvalue weighted by Gasteiger charge is -2.18. The molecule has 1 amide bonds. The van der Waals surface area contributed by atoms with Gasteiger partial charge in [-0.05, 0) is 86.0 Å². The maximum atomic E-state index is 12.7. The molecule has 1 atom stereocenters. The maximum absolute atomic E-state index is 12.7. The highest BCUT2D eigenvalue weighted by Gasteiger charge is 2.20. The lowest BCUT2D eigenvalue weighted by molar-refractivity contribution is -0.122. The summed E-state index contributed by atoms with van der Waals surface area (Å²) in [4.78, 5) is 12.7. The molecule has 174 valence electrons. The number of anilines is 2. The van der Waals surface area contributed by atoms with Crippen LogP contribution >= 0.6 is 23.2 Å². The fraction of sp³-hybridized carbons (Fsp3) is 0.208. The average molecular weight is 507 g/mol. The Morgan fingerprint density at radius 1 is 0.970 bits per heavy atom. The molecule has 0 saturated heterocycles. The Labute approximate surface area is 203 Å². The van der Waals surface area contributed by atoms with Gasteiger partial charge in [0, 0.05) is 10.7 Å². The number of hydrogen-bond acceptors (Lipinski definition) is 4. The molecule has 0 unspecified atom stereocenters. The second-order valence-corrected chi connectivity index (χ2v) is 10.0. The van der Waals surface area contributed by atoms with Crippen molar-refractivity contribution in [2.45, 2.75) is 38.2 Å². The van der Waals surface area contributed by atoms with Gasteiger partial charge in [0.15, 0.2) is 6.10 Å². The van der Waals surface area contributed by atoms with E-state index in [1.807, 2.05) is 39.0 Å². The molecule has 3 rings (SSSR count). The summed E-state index contributed by atoms with van der Waals surface area (Å²) in [5.74, 6) is 0.297. The number of aryl methyl sites for hydroxylation is 2. The molecule has 0 fully saturated rings. The standard InChI is InChI=1S/C24H24Cl2N2O4S/c1-4-23(32-19-9-5-15(2)16(3)13-19)24(29)27-18-7-10-20(11-8-18)33(30,31)28-22-12-6-17(25)14-21(22)26/h5-14,23,28H,4H2,1-3H3,(H,27,29)/t23-/m1/s1. The molecule has 3 aromatic rings. The Morgan fingerprint density at radius 2 is 1.67 bits per heavy atom. The highest BCUT2D eigenvalue weighted by Crippen LogP contribution is 2.28. The van der Waals surface area contributed by atoms with Crippen LogP contribution in [0.25, 0.3) is 0 Å². The number of carbonyl (C=O) groups is 1. The van der Waals surface area contributed by atoms with E-state index in [9.17, 15) is 13.2 Å². The summed E-state index contributed by atoms with van der Waals surface area (Å²) in [5.41, 5.74) is 2.88. The van der Waals surface area contributed by atoms with Gasteiger partial charge in [-0.1, -0.05) is 36.2 Å². The van der Waals surface area contributed by atoms with Crippen LogP contribution in [0, 0.1) is 13.8 Å². The molecule has 0 spiro atoms. The smallest absolute Gasteiger partial charge is 0.265 e. The number of benzene rings is 3. The van der Waals surface area contributed by atoms with Crippen molar-refractivity contribution < 1.29 is 17.9 Å². The van der Waals surface area contributed by atoms with Crippen molar-refractivity contribution in [3.8, 4) is 5.75 Å². The number of rotatable bonds is 8. The van der Waals surface area contributed by atoms with Crippen LogP contribution in [0.5, 0.6) is 5.75 Å². The van der Waals surface area contributed by atoms with E-state index < -0.39 is 16.1 Å². The third-order valence-electron chi connectivity index (χ3n) is 5.03. The molecular weight excluding hydrogens is 483 g/mol. The highest BCUT2D eigenvalue weighted by atomic mass is 35.5. The summed E-state index contributed by atoms with van der Waals surface area (Å²) >= 11 is 11.9. The molecule has 0 aromatic heterocycles. The van der Waals surface area contributed by atoms with E-state index in [2.05, 4.69) is 10.0 Å². The third-order valence-corrected chi connectivity index (χ3v) is 6.96. The Kier molecular flexibility index (Phi) is 7.89. The molecule has 6 nitrogen and oxygen atoms in total. The molecule has 9 heteroatoms. The zero-order valence-corrected chi connectivity index (χ0v) is 20.7.